The van der Waals surface area contributed by atoms with Gasteiger partial charge in [0.15, 0.2) is 0 Å². The van der Waals surface area contributed by atoms with Crippen LogP contribution in [0.3, 0.4) is 0 Å². The fourth-order valence-corrected chi connectivity index (χ4v) is 4.24. The number of carbonyl (C=O) groups excluding carboxylic acids is 1. The predicted molar refractivity (Wildman–Crippen MR) is 99.2 cm³/mol. The van der Waals surface area contributed by atoms with E-state index in [-0.39, 0.29) is 6.03 Å². The molecule has 0 aromatic rings. The minimum Gasteiger partial charge on any atom is -0.338 e. The Labute approximate surface area is 149 Å². The molecule has 5 N–H and O–H groups in total. The zero-order valence-electron chi connectivity index (χ0n) is 14.3. The van der Waals surface area contributed by atoms with E-state index in [1.165, 1.54) is 19.3 Å². The van der Waals surface area contributed by atoms with Crippen LogP contribution < -0.4 is 16.0 Å². The summed E-state index contributed by atoms with van der Waals surface area (Å²) in [4.78, 5) is 29.1. The maximum absolute atomic E-state index is 11.7. The van der Waals surface area contributed by atoms with Crippen LogP contribution in [-0.4, -0.2) is 47.2 Å². The van der Waals surface area contributed by atoms with Crippen LogP contribution in [-0.2, 0) is 4.57 Å². The van der Waals surface area contributed by atoms with Gasteiger partial charge in [0.25, 0.3) is 0 Å². The van der Waals surface area contributed by atoms with E-state index < -0.39 is 6.80 Å². The summed E-state index contributed by atoms with van der Waals surface area (Å²) in [5.41, 5.74) is 0. The highest BCUT2D eigenvalue weighted by molar-refractivity contribution is 8.54. The lowest BCUT2D eigenvalue weighted by molar-refractivity contribution is 0.232. The van der Waals surface area contributed by atoms with Crippen molar-refractivity contribution < 1.29 is 19.1 Å². The van der Waals surface area contributed by atoms with E-state index in [1.54, 1.807) is 0 Å². The van der Waals surface area contributed by atoms with Crippen molar-refractivity contribution in [2.24, 2.45) is 0 Å². The van der Waals surface area contributed by atoms with Gasteiger partial charge in [-0.2, -0.15) is 0 Å². The Morgan fingerprint density at radius 3 is 2.33 bits per heavy atom. The van der Waals surface area contributed by atoms with E-state index >= 15 is 0 Å². The summed E-state index contributed by atoms with van der Waals surface area (Å²) in [5, 5.41) is 9.13. The van der Waals surface area contributed by atoms with Gasteiger partial charge in [-0.05, 0) is 43.6 Å². The highest BCUT2D eigenvalue weighted by atomic mass is 32.7. The molecule has 0 spiro atoms. The van der Waals surface area contributed by atoms with E-state index in [0.29, 0.717) is 36.3 Å². The largest absolute Gasteiger partial charge is 0.384 e. The van der Waals surface area contributed by atoms with Crippen LogP contribution in [0.25, 0.3) is 0 Å². The normalized spacial score (nSPS) is 16.1. The molecule has 0 aliphatic heterocycles. The molecule has 0 heterocycles. The molecule has 0 aromatic heterocycles. The number of unbranched alkanes of at least 4 members (excludes halogenated alkanes) is 3. The second-order valence-corrected chi connectivity index (χ2v) is 10.1. The van der Waals surface area contributed by atoms with Crippen LogP contribution in [0.2, 0.25) is 0 Å². The number of nitrogens with one attached hydrogen (secondary N) is 3. The van der Waals surface area contributed by atoms with Crippen LogP contribution in [0.15, 0.2) is 0 Å². The Morgan fingerprint density at radius 2 is 1.67 bits per heavy atom. The van der Waals surface area contributed by atoms with Gasteiger partial charge >= 0.3 is 12.8 Å². The molecule has 0 unspecified atom stereocenters. The quantitative estimate of drug-likeness (QED) is 0.262. The Bertz CT molecular complexity index is 389. The summed E-state index contributed by atoms with van der Waals surface area (Å²) in [6.07, 6.45) is 10.1. The average Bonchev–Trinajstić information content (AvgIpc) is 2.52. The van der Waals surface area contributed by atoms with Crippen molar-refractivity contribution in [2.75, 3.05) is 25.4 Å². The molecule has 1 aliphatic rings. The minimum absolute atomic E-state index is 0.0360. The molecule has 0 saturated heterocycles. The third kappa shape index (κ3) is 13.1. The minimum atomic E-state index is -3.92. The van der Waals surface area contributed by atoms with E-state index in [2.05, 4.69) is 16.0 Å². The van der Waals surface area contributed by atoms with Gasteiger partial charge in [0, 0.05) is 24.9 Å². The van der Waals surface area contributed by atoms with Gasteiger partial charge in [0.05, 0.1) is 0 Å². The predicted octanol–water partition coefficient (Wildman–Crippen LogP) is 2.59. The van der Waals surface area contributed by atoms with Crippen molar-refractivity contribution in [3.8, 4) is 0 Å². The van der Waals surface area contributed by atoms with E-state index in [9.17, 15) is 9.36 Å². The molecule has 1 rings (SSSR count). The van der Waals surface area contributed by atoms with Crippen molar-refractivity contribution in [3.63, 3.8) is 0 Å². The lowest BCUT2D eigenvalue weighted by Gasteiger charge is -2.22. The van der Waals surface area contributed by atoms with Crippen molar-refractivity contribution >= 4 is 24.2 Å². The summed E-state index contributed by atoms with van der Waals surface area (Å²) >= 11 is 0.681. The third-order valence-electron chi connectivity index (χ3n) is 4.04. The zero-order chi connectivity index (χ0) is 17.7. The van der Waals surface area contributed by atoms with Crippen LogP contribution in [0.4, 0.5) is 4.79 Å². The number of hydrogen-bond acceptors (Lipinski definition) is 4. The molecular weight excluding hydrogens is 349 g/mol. The van der Waals surface area contributed by atoms with E-state index in [0.717, 1.165) is 45.1 Å². The van der Waals surface area contributed by atoms with Crippen molar-refractivity contribution in [1.29, 1.82) is 0 Å². The lowest BCUT2D eigenvalue weighted by Crippen LogP contribution is -2.43. The van der Waals surface area contributed by atoms with Gasteiger partial charge < -0.3 is 25.7 Å². The van der Waals surface area contributed by atoms with Crippen LogP contribution in [0.1, 0.15) is 57.8 Å². The number of hydrogen-bond donors (Lipinski definition) is 5. The summed E-state index contributed by atoms with van der Waals surface area (Å²) < 4.78 is 10.6. The molecule has 0 bridgehead atoms. The molecule has 0 aromatic carbocycles. The number of carbonyl (C=O) groups is 1. The summed E-state index contributed by atoms with van der Waals surface area (Å²) in [5.74, 6) is 0.421. The Morgan fingerprint density at radius 1 is 1.00 bits per heavy atom. The van der Waals surface area contributed by atoms with Gasteiger partial charge in [0.2, 0.25) is 0 Å². The third-order valence-corrected chi connectivity index (χ3v) is 6.32. The first-order chi connectivity index (χ1) is 11.5. The molecule has 1 aliphatic carbocycles. The second kappa shape index (κ2) is 13.0. The molecule has 0 atom stereocenters. The van der Waals surface area contributed by atoms with Crippen LogP contribution in [0, 0.1) is 0 Å². The van der Waals surface area contributed by atoms with Crippen LogP contribution >= 0.6 is 18.2 Å². The SMILES string of the molecule is O=C(NCCCCCCNCCSP(=O)(O)O)NC1CCCCC1. The van der Waals surface area contributed by atoms with E-state index in [4.69, 9.17) is 9.79 Å². The van der Waals surface area contributed by atoms with Crippen molar-refractivity contribution in [3.05, 3.63) is 0 Å². The highest BCUT2D eigenvalue weighted by Crippen LogP contribution is 2.49. The second-order valence-electron chi connectivity index (χ2n) is 6.22. The first-order valence-corrected chi connectivity index (χ1v) is 12.1. The monoisotopic (exact) mass is 381 g/mol. The summed E-state index contributed by atoms with van der Waals surface area (Å²) in [6, 6.07) is 0.319. The Balaban J connectivity index is 1.81. The molecule has 9 heteroatoms. The first kappa shape index (κ1) is 21.8. The summed E-state index contributed by atoms with van der Waals surface area (Å²) in [6.45, 7) is -1.74. The Hall–Kier alpha value is -0.270. The fraction of sp³-hybridized carbons (Fsp3) is 0.933. The lowest BCUT2D eigenvalue weighted by atomic mass is 9.96. The molecule has 1 fully saturated rings. The molecule has 24 heavy (non-hydrogen) atoms. The van der Waals surface area contributed by atoms with E-state index in [1.807, 2.05) is 0 Å². The molecule has 142 valence electrons. The maximum atomic E-state index is 11.7. The maximum Gasteiger partial charge on any atom is 0.384 e. The topological polar surface area (TPSA) is 111 Å². The standard InChI is InChI=1S/C15H32N3O4PS/c19-15(18-14-8-4-3-5-9-14)17-11-7-2-1-6-10-16-12-13-24-23(20,21)22/h14,16H,1-13H2,(H2,17,18,19)(H2,20,21,22). The molecule has 0 radical (unpaired) electrons. The molecule has 2 amide bonds. The zero-order valence-corrected chi connectivity index (χ0v) is 16.0. The van der Waals surface area contributed by atoms with Crippen molar-refractivity contribution in [2.45, 2.75) is 63.8 Å². The van der Waals surface area contributed by atoms with Gasteiger partial charge in [-0.3, -0.25) is 0 Å². The smallest absolute Gasteiger partial charge is 0.338 e. The van der Waals surface area contributed by atoms with Gasteiger partial charge in [-0.25, -0.2) is 9.36 Å². The summed E-state index contributed by atoms with van der Waals surface area (Å²) in [7, 11) is 0. The molecule has 1 saturated carbocycles. The van der Waals surface area contributed by atoms with Gasteiger partial charge in [0.1, 0.15) is 0 Å². The van der Waals surface area contributed by atoms with Gasteiger partial charge in [-0.1, -0.05) is 32.1 Å². The number of urea groups is 1. The first-order valence-electron chi connectivity index (χ1n) is 8.92. The van der Waals surface area contributed by atoms with Gasteiger partial charge in [-0.15, -0.1) is 0 Å². The highest BCUT2D eigenvalue weighted by Gasteiger charge is 2.15. The van der Waals surface area contributed by atoms with Crippen LogP contribution in [0.5, 0.6) is 0 Å². The average molecular weight is 381 g/mol. The fourth-order valence-electron chi connectivity index (χ4n) is 2.78. The molecule has 7 nitrogen and oxygen atoms in total. The van der Waals surface area contributed by atoms with Crippen molar-refractivity contribution in [1.82, 2.24) is 16.0 Å². The number of amides is 2. The Kier molecular flexibility index (Phi) is 11.8. The molecular formula is C15H32N3O4PS. The number of rotatable bonds is 12.